The van der Waals surface area contributed by atoms with Crippen LogP contribution in [0.15, 0.2) is 6.20 Å². The van der Waals surface area contributed by atoms with E-state index in [1.807, 2.05) is 14.0 Å². The highest BCUT2D eigenvalue weighted by molar-refractivity contribution is 5.86. The van der Waals surface area contributed by atoms with Crippen molar-refractivity contribution in [3.05, 3.63) is 6.20 Å². The molecule has 0 unspecified atom stereocenters. The van der Waals surface area contributed by atoms with Gasteiger partial charge in [-0.1, -0.05) is 0 Å². The number of hydrogen-bond acceptors (Lipinski definition) is 5. The molecular formula is C8H12N6. The molecule has 2 heterocycles. The first kappa shape index (κ1) is 8.74. The van der Waals surface area contributed by atoms with E-state index in [2.05, 4.69) is 20.4 Å². The molecule has 14 heavy (non-hydrogen) atoms. The predicted molar refractivity (Wildman–Crippen MR) is 54.9 cm³/mol. The molecule has 0 aliphatic rings. The summed E-state index contributed by atoms with van der Waals surface area (Å²) in [6.45, 7) is 2.75. The fourth-order valence-electron chi connectivity index (χ4n) is 1.28. The number of hydrogen-bond donors (Lipinski definition) is 2. The van der Waals surface area contributed by atoms with E-state index in [1.54, 1.807) is 10.9 Å². The third kappa shape index (κ3) is 1.24. The van der Waals surface area contributed by atoms with Crippen LogP contribution in [-0.4, -0.2) is 26.3 Å². The summed E-state index contributed by atoms with van der Waals surface area (Å²) in [4.78, 5) is 8.39. The molecular weight excluding hydrogens is 180 g/mol. The molecule has 2 aromatic rings. The Labute approximate surface area is 81.1 Å². The highest BCUT2D eigenvalue weighted by Gasteiger charge is 2.07. The first-order valence-electron chi connectivity index (χ1n) is 4.41. The van der Waals surface area contributed by atoms with Crippen molar-refractivity contribution in [1.29, 1.82) is 0 Å². The molecule has 0 fully saturated rings. The molecule has 3 N–H and O–H groups in total. The molecule has 0 saturated heterocycles. The zero-order chi connectivity index (χ0) is 10.1. The second-order valence-corrected chi connectivity index (χ2v) is 2.97. The molecule has 0 radical (unpaired) electrons. The normalized spacial score (nSPS) is 10.7. The van der Waals surface area contributed by atoms with Gasteiger partial charge in [-0.25, -0.2) is 0 Å². The van der Waals surface area contributed by atoms with Gasteiger partial charge in [0, 0.05) is 13.6 Å². The Morgan fingerprint density at radius 3 is 3.00 bits per heavy atom. The van der Waals surface area contributed by atoms with Crippen molar-refractivity contribution in [2.45, 2.75) is 6.92 Å². The van der Waals surface area contributed by atoms with Crippen LogP contribution in [0.3, 0.4) is 0 Å². The van der Waals surface area contributed by atoms with Gasteiger partial charge in [-0.15, -0.1) is 0 Å². The van der Waals surface area contributed by atoms with Gasteiger partial charge < -0.3 is 11.1 Å². The number of nitrogens with zero attached hydrogens (tertiary/aromatic N) is 4. The minimum Gasteiger partial charge on any atom is -0.383 e. The molecule has 0 amide bonds. The maximum absolute atomic E-state index is 5.76. The number of nitrogens with one attached hydrogen (secondary N) is 1. The van der Waals surface area contributed by atoms with Crippen LogP contribution in [0.4, 0.5) is 11.8 Å². The Bertz CT molecular complexity index is 460. The van der Waals surface area contributed by atoms with E-state index >= 15 is 0 Å². The molecule has 2 rings (SSSR count). The second kappa shape index (κ2) is 3.13. The highest BCUT2D eigenvalue weighted by atomic mass is 15.3. The van der Waals surface area contributed by atoms with Gasteiger partial charge in [0.2, 0.25) is 5.95 Å². The van der Waals surface area contributed by atoms with E-state index in [0.29, 0.717) is 11.8 Å². The van der Waals surface area contributed by atoms with Crippen molar-refractivity contribution >= 4 is 22.8 Å². The molecule has 0 aromatic carbocycles. The number of anilines is 2. The average Bonchev–Trinajstić information content (AvgIpc) is 2.49. The van der Waals surface area contributed by atoms with Crippen LogP contribution in [-0.2, 0) is 7.05 Å². The molecule has 2 aromatic heterocycles. The van der Waals surface area contributed by atoms with Crippen molar-refractivity contribution in [3.63, 3.8) is 0 Å². The van der Waals surface area contributed by atoms with Gasteiger partial charge in [0.25, 0.3) is 0 Å². The largest absolute Gasteiger partial charge is 0.383 e. The summed E-state index contributed by atoms with van der Waals surface area (Å²) in [6.07, 6.45) is 1.67. The number of aromatic nitrogens is 4. The van der Waals surface area contributed by atoms with Crippen LogP contribution < -0.4 is 11.1 Å². The van der Waals surface area contributed by atoms with Crippen molar-refractivity contribution < 1.29 is 0 Å². The Balaban J connectivity index is 2.63. The number of aryl methyl sites for hydroxylation is 1. The summed E-state index contributed by atoms with van der Waals surface area (Å²) in [7, 11) is 1.82. The summed E-state index contributed by atoms with van der Waals surface area (Å²) in [5.41, 5.74) is 6.50. The topological polar surface area (TPSA) is 81.6 Å². The third-order valence-corrected chi connectivity index (χ3v) is 1.96. The summed E-state index contributed by atoms with van der Waals surface area (Å²) in [5.74, 6) is 1.00. The lowest BCUT2D eigenvalue weighted by atomic mass is 10.4. The van der Waals surface area contributed by atoms with Crippen LogP contribution >= 0.6 is 0 Å². The lowest BCUT2D eigenvalue weighted by Gasteiger charge is -2.03. The summed E-state index contributed by atoms with van der Waals surface area (Å²) in [6, 6.07) is 0. The van der Waals surface area contributed by atoms with Crippen molar-refractivity contribution in [2.24, 2.45) is 7.05 Å². The van der Waals surface area contributed by atoms with Gasteiger partial charge in [-0.2, -0.15) is 15.1 Å². The molecule has 0 bridgehead atoms. The van der Waals surface area contributed by atoms with Crippen molar-refractivity contribution in [1.82, 2.24) is 19.7 Å². The van der Waals surface area contributed by atoms with Gasteiger partial charge in [0.15, 0.2) is 5.65 Å². The maximum Gasteiger partial charge on any atom is 0.226 e. The monoisotopic (exact) mass is 192 g/mol. The zero-order valence-electron chi connectivity index (χ0n) is 8.15. The van der Waals surface area contributed by atoms with Crippen molar-refractivity contribution in [3.8, 4) is 0 Å². The second-order valence-electron chi connectivity index (χ2n) is 2.97. The Morgan fingerprint density at radius 1 is 1.50 bits per heavy atom. The highest BCUT2D eigenvalue weighted by Crippen LogP contribution is 2.17. The van der Waals surface area contributed by atoms with Crippen LogP contribution in [0, 0.1) is 0 Å². The molecule has 74 valence electrons. The van der Waals surface area contributed by atoms with E-state index in [9.17, 15) is 0 Å². The van der Waals surface area contributed by atoms with Gasteiger partial charge in [0.05, 0.1) is 11.6 Å². The number of nitrogen functional groups attached to an aromatic ring is 1. The van der Waals surface area contributed by atoms with E-state index < -0.39 is 0 Å². The van der Waals surface area contributed by atoms with Gasteiger partial charge >= 0.3 is 0 Å². The molecule has 6 heteroatoms. The van der Waals surface area contributed by atoms with Crippen LogP contribution in [0.2, 0.25) is 0 Å². The molecule has 0 atom stereocenters. The van der Waals surface area contributed by atoms with E-state index in [-0.39, 0.29) is 0 Å². The SMILES string of the molecule is CCNc1nc(N)c2cnn(C)c2n1. The van der Waals surface area contributed by atoms with E-state index in [4.69, 9.17) is 5.73 Å². The molecule has 0 spiro atoms. The van der Waals surface area contributed by atoms with Gasteiger partial charge in [-0.3, -0.25) is 4.68 Å². The smallest absolute Gasteiger partial charge is 0.226 e. The lowest BCUT2D eigenvalue weighted by molar-refractivity contribution is 0.785. The van der Waals surface area contributed by atoms with Crippen LogP contribution in [0.5, 0.6) is 0 Å². The standard InChI is InChI=1S/C8H12N6/c1-3-10-8-12-6(9)5-4-11-14(2)7(5)13-8/h4H,3H2,1-2H3,(H3,9,10,12,13). The van der Waals surface area contributed by atoms with Gasteiger partial charge in [-0.05, 0) is 6.92 Å². The first-order valence-corrected chi connectivity index (χ1v) is 4.41. The molecule has 0 aliphatic carbocycles. The van der Waals surface area contributed by atoms with Gasteiger partial charge in [0.1, 0.15) is 5.82 Å². The average molecular weight is 192 g/mol. The van der Waals surface area contributed by atoms with Crippen LogP contribution in [0.1, 0.15) is 6.92 Å². The Hall–Kier alpha value is -1.85. The van der Waals surface area contributed by atoms with Crippen LogP contribution in [0.25, 0.3) is 11.0 Å². The Morgan fingerprint density at radius 2 is 2.29 bits per heavy atom. The first-order chi connectivity index (χ1) is 6.72. The molecule has 0 saturated carbocycles. The lowest BCUT2D eigenvalue weighted by Crippen LogP contribution is -2.05. The number of rotatable bonds is 2. The number of nitrogens with two attached hydrogens (primary N) is 1. The fourth-order valence-corrected chi connectivity index (χ4v) is 1.28. The zero-order valence-corrected chi connectivity index (χ0v) is 8.15. The summed E-state index contributed by atoms with van der Waals surface area (Å²) < 4.78 is 1.67. The minimum absolute atomic E-state index is 0.457. The summed E-state index contributed by atoms with van der Waals surface area (Å²) >= 11 is 0. The summed E-state index contributed by atoms with van der Waals surface area (Å²) in [5, 5.41) is 7.86. The maximum atomic E-state index is 5.76. The number of fused-ring (bicyclic) bond motifs is 1. The quantitative estimate of drug-likeness (QED) is 0.718. The molecule has 0 aliphatic heterocycles. The van der Waals surface area contributed by atoms with E-state index in [1.165, 1.54) is 0 Å². The van der Waals surface area contributed by atoms with E-state index in [0.717, 1.165) is 17.6 Å². The fraction of sp³-hybridized carbons (Fsp3) is 0.375. The predicted octanol–water partition coefficient (Wildman–Crippen LogP) is 0.377. The third-order valence-electron chi connectivity index (χ3n) is 1.96. The Kier molecular flexibility index (Phi) is 1.95. The molecule has 6 nitrogen and oxygen atoms in total. The van der Waals surface area contributed by atoms with Crippen molar-refractivity contribution in [2.75, 3.05) is 17.6 Å². The minimum atomic E-state index is 0.457.